The van der Waals surface area contributed by atoms with E-state index in [1.807, 2.05) is 25.7 Å². The first-order valence-corrected chi connectivity index (χ1v) is 9.77. The van der Waals surface area contributed by atoms with E-state index in [9.17, 15) is 14.4 Å². The molecule has 1 aliphatic heterocycles. The van der Waals surface area contributed by atoms with Gasteiger partial charge in [0.05, 0.1) is 0 Å². The number of carbonyl (C=O) groups is 3. The van der Waals surface area contributed by atoms with Crippen molar-refractivity contribution in [1.82, 2.24) is 15.1 Å². The summed E-state index contributed by atoms with van der Waals surface area (Å²) in [4.78, 5) is 40.0. The van der Waals surface area contributed by atoms with Gasteiger partial charge in [0.1, 0.15) is 6.54 Å². The molecule has 0 unspecified atom stereocenters. The first-order valence-electron chi connectivity index (χ1n) is 9.77. The van der Waals surface area contributed by atoms with Crippen molar-refractivity contribution in [2.75, 3.05) is 32.0 Å². The third-order valence-corrected chi connectivity index (χ3v) is 4.70. The number of amides is 4. The lowest BCUT2D eigenvalue weighted by Gasteiger charge is -2.30. The van der Waals surface area contributed by atoms with E-state index in [4.69, 9.17) is 0 Å². The summed E-state index contributed by atoms with van der Waals surface area (Å²) < 4.78 is 0. The highest BCUT2D eigenvalue weighted by Gasteiger charge is 2.22. The second-order valence-corrected chi connectivity index (χ2v) is 8.64. The van der Waals surface area contributed by atoms with Crippen LogP contribution in [0.15, 0.2) is 24.3 Å². The van der Waals surface area contributed by atoms with Crippen LogP contribution in [0.4, 0.5) is 10.5 Å². The summed E-state index contributed by atoms with van der Waals surface area (Å²) >= 11 is 0. The molecule has 7 nitrogen and oxygen atoms in total. The normalized spacial score (nSPS) is 15.1. The van der Waals surface area contributed by atoms with Crippen LogP contribution in [-0.2, 0) is 4.79 Å². The summed E-state index contributed by atoms with van der Waals surface area (Å²) in [6.07, 6.45) is 2.07. The van der Waals surface area contributed by atoms with Gasteiger partial charge in [-0.1, -0.05) is 6.92 Å². The number of hydrogen-bond donors (Lipinski definition) is 2. The zero-order chi connectivity index (χ0) is 20.9. The Morgan fingerprint density at radius 1 is 1.11 bits per heavy atom. The molecule has 2 rings (SSSR count). The molecule has 1 aromatic rings. The third-order valence-electron chi connectivity index (χ3n) is 4.70. The lowest BCUT2D eigenvalue weighted by Crippen LogP contribution is -2.47. The van der Waals surface area contributed by atoms with E-state index in [-0.39, 0.29) is 29.9 Å². The average molecular weight is 389 g/mol. The molecule has 0 aliphatic carbocycles. The van der Waals surface area contributed by atoms with E-state index >= 15 is 0 Å². The van der Waals surface area contributed by atoms with Gasteiger partial charge in [-0.15, -0.1) is 0 Å². The van der Waals surface area contributed by atoms with Crippen molar-refractivity contribution < 1.29 is 14.4 Å². The highest BCUT2D eigenvalue weighted by Crippen LogP contribution is 2.19. The van der Waals surface area contributed by atoms with Gasteiger partial charge in [0.25, 0.3) is 5.91 Å². The van der Waals surface area contributed by atoms with Gasteiger partial charge in [-0.05, 0) is 63.8 Å². The summed E-state index contributed by atoms with van der Waals surface area (Å²) in [6.45, 7) is 9.42. The van der Waals surface area contributed by atoms with Gasteiger partial charge < -0.3 is 20.4 Å². The molecule has 0 bridgehead atoms. The zero-order valence-corrected chi connectivity index (χ0v) is 17.5. The molecule has 1 fully saturated rings. The molecule has 0 spiro atoms. The number of rotatable bonds is 4. The quantitative estimate of drug-likeness (QED) is 0.832. The molecule has 0 atom stereocenters. The van der Waals surface area contributed by atoms with Crippen LogP contribution in [0, 0.1) is 5.92 Å². The van der Waals surface area contributed by atoms with Crippen molar-refractivity contribution in [3.63, 3.8) is 0 Å². The Bertz CT molecular complexity index is 701. The molecule has 0 saturated carbocycles. The SMILES string of the molecule is CC1CCN(C(=O)c2ccc(NC(=O)N(C)CC(=O)NC(C)(C)C)cc2)CC1. The van der Waals surface area contributed by atoms with Crippen molar-refractivity contribution in [2.45, 2.75) is 46.1 Å². The number of likely N-dealkylation sites (tertiary alicyclic amines) is 1. The Balaban J connectivity index is 1.88. The molecule has 1 saturated heterocycles. The molecule has 28 heavy (non-hydrogen) atoms. The van der Waals surface area contributed by atoms with Crippen LogP contribution in [0.25, 0.3) is 0 Å². The number of nitrogens with zero attached hydrogens (tertiary/aromatic N) is 2. The third kappa shape index (κ3) is 6.55. The Morgan fingerprint density at radius 2 is 1.68 bits per heavy atom. The molecular weight excluding hydrogens is 356 g/mol. The maximum absolute atomic E-state index is 12.6. The highest BCUT2D eigenvalue weighted by molar-refractivity contribution is 5.96. The van der Waals surface area contributed by atoms with Gasteiger partial charge in [-0.3, -0.25) is 9.59 Å². The van der Waals surface area contributed by atoms with Crippen LogP contribution < -0.4 is 10.6 Å². The Morgan fingerprint density at radius 3 is 2.21 bits per heavy atom. The van der Waals surface area contributed by atoms with Crippen molar-refractivity contribution in [3.8, 4) is 0 Å². The Kier molecular flexibility index (Phi) is 7.05. The lowest BCUT2D eigenvalue weighted by atomic mass is 9.98. The van der Waals surface area contributed by atoms with E-state index in [2.05, 4.69) is 17.6 Å². The van der Waals surface area contributed by atoms with Crippen LogP contribution in [0.1, 0.15) is 50.9 Å². The fourth-order valence-corrected chi connectivity index (χ4v) is 3.05. The van der Waals surface area contributed by atoms with E-state index in [1.54, 1.807) is 31.3 Å². The number of benzene rings is 1. The van der Waals surface area contributed by atoms with Gasteiger partial charge in [0, 0.05) is 36.9 Å². The standard InChI is InChI=1S/C21H32N4O3/c1-15-10-12-25(13-11-15)19(27)16-6-8-17(9-7-16)22-20(28)24(5)14-18(26)23-21(2,3)4/h6-9,15H,10-14H2,1-5H3,(H,22,28)(H,23,26). The minimum Gasteiger partial charge on any atom is -0.350 e. The molecule has 0 aromatic heterocycles. The first kappa shape index (κ1) is 21.7. The molecular formula is C21H32N4O3. The summed E-state index contributed by atoms with van der Waals surface area (Å²) in [7, 11) is 1.56. The van der Waals surface area contributed by atoms with Crippen molar-refractivity contribution >= 4 is 23.5 Å². The van der Waals surface area contributed by atoms with Crippen LogP contribution in [-0.4, -0.2) is 59.9 Å². The van der Waals surface area contributed by atoms with E-state index in [0.29, 0.717) is 17.2 Å². The van der Waals surface area contributed by atoms with E-state index in [0.717, 1.165) is 25.9 Å². The molecule has 1 aliphatic rings. The molecule has 1 heterocycles. The number of urea groups is 1. The molecule has 1 aromatic carbocycles. The van der Waals surface area contributed by atoms with Gasteiger partial charge in [0.15, 0.2) is 0 Å². The Hall–Kier alpha value is -2.57. The smallest absolute Gasteiger partial charge is 0.322 e. The first-order chi connectivity index (χ1) is 13.0. The number of hydrogen-bond acceptors (Lipinski definition) is 3. The lowest BCUT2D eigenvalue weighted by molar-refractivity contribution is -0.122. The largest absolute Gasteiger partial charge is 0.350 e. The minimum absolute atomic E-state index is 0.0285. The zero-order valence-electron chi connectivity index (χ0n) is 17.5. The van der Waals surface area contributed by atoms with Crippen LogP contribution >= 0.6 is 0 Å². The number of likely N-dealkylation sites (N-methyl/N-ethyl adjacent to an activating group) is 1. The van der Waals surface area contributed by atoms with Crippen LogP contribution in [0.3, 0.4) is 0 Å². The fourth-order valence-electron chi connectivity index (χ4n) is 3.05. The number of piperidine rings is 1. The van der Waals surface area contributed by atoms with Gasteiger partial charge >= 0.3 is 6.03 Å². The van der Waals surface area contributed by atoms with E-state index < -0.39 is 0 Å². The Labute approximate surface area is 167 Å². The van der Waals surface area contributed by atoms with Crippen molar-refractivity contribution in [3.05, 3.63) is 29.8 Å². The maximum Gasteiger partial charge on any atom is 0.322 e. The van der Waals surface area contributed by atoms with Gasteiger partial charge in [-0.2, -0.15) is 0 Å². The molecule has 2 N–H and O–H groups in total. The summed E-state index contributed by atoms with van der Waals surface area (Å²) in [5.74, 6) is 0.479. The second kappa shape index (κ2) is 9.08. The van der Waals surface area contributed by atoms with Gasteiger partial charge in [0.2, 0.25) is 5.91 Å². The monoisotopic (exact) mass is 388 g/mol. The fraction of sp³-hybridized carbons (Fsp3) is 0.571. The number of nitrogens with one attached hydrogen (secondary N) is 2. The topological polar surface area (TPSA) is 81.8 Å². The predicted molar refractivity (Wildman–Crippen MR) is 110 cm³/mol. The minimum atomic E-state index is -0.381. The molecule has 4 amide bonds. The van der Waals surface area contributed by atoms with Gasteiger partial charge in [-0.25, -0.2) is 4.79 Å². The van der Waals surface area contributed by atoms with Crippen molar-refractivity contribution in [1.29, 1.82) is 0 Å². The van der Waals surface area contributed by atoms with E-state index in [1.165, 1.54) is 4.90 Å². The number of carbonyl (C=O) groups excluding carboxylic acids is 3. The second-order valence-electron chi connectivity index (χ2n) is 8.64. The molecule has 154 valence electrons. The summed E-state index contributed by atoms with van der Waals surface area (Å²) in [6, 6.07) is 6.49. The van der Waals surface area contributed by atoms with Crippen molar-refractivity contribution in [2.24, 2.45) is 5.92 Å². The molecule has 7 heteroatoms. The maximum atomic E-state index is 12.6. The molecule has 0 radical (unpaired) electrons. The van der Waals surface area contributed by atoms with Crippen LogP contribution in [0.2, 0.25) is 0 Å². The summed E-state index contributed by atoms with van der Waals surface area (Å²) in [5.41, 5.74) is 0.853. The summed E-state index contributed by atoms with van der Waals surface area (Å²) in [5, 5.41) is 5.56. The average Bonchev–Trinajstić information content (AvgIpc) is 2.60. The van der Waals surface area contributed by atoms with Crippen LogP contribution in [0.5, 0.6) is 0 Å². The predicted octanol–water partition coefficient (Wildman–Crippen LogP) is 2.94. The number of anilines is 1. The highest BCUT2D eigenvalue weighted by atomic mass is 16.2.